The van der Waals surface area contributed by atoms with Gasteiger partial charge < -0.3 is 19.7 Å². The number of fused-ring (bicyclic) bond motifs is 1. The summed E-state index contributed by atoms with van der Waals surface area (Å²) in [7, 11) is 1.49. The first kappa shape index (κ1) is 28.0. The fourth-order valence-corrected chi connectivity index (χ4v) is 5.59. The van der Waals surface area contributed by atoms with Gasteiger partial charge in [-0.25, -0.2) is 13.8 Å². The molecule has 0 radical (unpaired) electrons. The molecule has 2 aromatic carbocycles. The van der Waals surface area contributed by atoms with Crippen LogP contribution in [0.5, 0.6) is 11.6 Å². The van der Waals surface area contributed by atoms with E-state index in [1.807, 2.05) is 18.2 Å². The number of aliphatic hydroxyl groups is 1. The van der Waals surface area contributed by atoms with Crippen molar-refractivity contribution >= 4 is 5.97 Å². The number of aryl methyl sites for hydroxylation is 1. The molecule has 2 aliphatic rings. The minimum Gasteiger partial charge on any atom is -0.482 e. The van der Waals surface area contributed by atoms with Crippen LogP contribution in [0, 0.1) is 17.6 Å². The van der Waals surface area contributed by atoms with Crippen molar-refractivity contribution in [3.05, 3.63) is 76.5 Å². The van der Waals surface area contributed by atoms with Crippen molar-refractivity contribution in [2.45, 2.75) is 57.8 Å². The van der Waals surface area contributed by atoms with E-state index in [2.05, 4.69) is 9.88 Å². The summed E-state index contributed by atoms with van der Waals surface area (Å²) in [6.07, 6.45) is 3.79. The number of aliphatic carboxylic acids is 1. The monoisotopic (exact) mass is 552 g/mol. The van der Waals surface area contributed by atoms with Crippen LogP contribution in [0.4, 0.5) is 8.78 Å². The number of likely N-dealkylation sites (tertiary alicyclic amines) is 1. The van der Waals surface area contributed by atoms with Crippen LogP contribution in [0.25, 0.3) is 11.1 Å². The fraction of sp³-hybridized carbons (Fsp3) is 0.419. The molecule has 1 fully saturated rings. The molecule has 0 bridgehead atoms. The van der Waals surface area contributed by atoms with Gasteiger partial charge in [-0.3, -0.25) is 9.69 Å². The van der Waals surface area contributed by atoms with E-state index in [1.165, 1.54) is 26.5 Å². The zero-order valence-corrected chi connectivity index (χ0v) is 22.7. The molecular formula is C31H34F2N2O5. The maximum atomic E-state index is 15.6. The third-order valence-electron chi connectivity index (χ3n) is 8.00. The van der Waals surface area contributed by atoms with Crippen LogP contribution in [0.3, 0.4) is 0 Å². The van der Waals surface area contributed by atoms with Crippen molar-refractivity contribution in [3.8, 4) is 22.8 Å². The number of hydrogen-bond acceptors (Lipinski definition) is 6. The first-order valence-corrected chi connectivity index (χ1v) is 13.7. The molecule has 212 valence electrons. The van der Waals surface area contributed by atoms with Gasteiger partial charge in [-0.2, -0.15) is 0 Å². The van der Waals surface area contributed by atoms with E-state index in [0.717, 1.165) is 48.8 Å². The van der Waals surface area contributed by atoms with Crippen LogP contribution in [-0.2, 0) is 17.8 Å². The van der Waals surface area contributed by atoms with Gasteiger partial charge in [0, 0.05) is 23.7 Å². The number of carbonyl (C=O) groups is 1. The van der Waals surface area contributed by atoms with Crippen molar-refractivity contribution in [3.63, 3.8) is 0 Å². The molecule has 0 aliphatic carbocycles. The highest BCUT2D eigenvalue weighted by Gasteiger charge is 2.31. The van der Waals surface area contributed by atoms with Crippen molar-refractivity contribution in [1.82, 2.24) is 9.88 Å². The summed E-state index contributed by atoms with van der Waals surface area (Å²) in [6, 6.07) is 10.5. The van der Waals surface area contributed by atoms with Gasteiger partial charge in [0.05, 0.1) is 25.3 Å². The summed E-state index contributed by atoms with van der Waals surface area (Å²) in [6.45, 7) is 3.89. The van der Waals surface area contributed by atoms with E-state index >= 15 is 4.39 Å². The lowest BCUT2D eigenvalue weighted by molar-refractivity contribution is -0.145. The van der Waals surface area contributed by atoms with E-state index < -0.39 is 35.7 Å². The van der Waals surface area contributed by atoms with Gasteiger partial charge in [0.15, 0.2) is 11.6 Å². The summed E-state index contributed by atoms with van der Waals surface area (Å²) in [5.41, 5.74) is 3.48. The van der Waals surface area contributed by atoms with Crippen molar-refractivity contribution in [2.24, 2.45) is 5.92 Å². The SMILES string of the molecule is COc1cc(-c2ccc(C3CCc4ccc([C@H](O)[C@H](C)C(=O)O)c(F)c4O3)cc2CN2CCCCC2)c(F)cn1. The van der Waals surface area contributed by atoms with Crippen LogP contribution < -0.4 is 9.47 Å². The highest BCUT2D eigenvalue weighted by atomic mass is 19.1. The van der Waals surface area contributed by atoms with Crippen molar-refractivity contribution < 1.29 is 33.3 Å². The second-order valence-electron chi connectivity index (χ2n) is 10.6. The number of benzene rings is 2. The average Bonchev–Trinajstić information content (AvgIpc) is 2.97. The van der Waals surface area contributed by atoms with E-state index in [0.29, 0.717) is 36.4 Å². The molecule has 3 heterocycles. The summed E-state index contributed by atoms with van der Waals surface area (Å²) >= 11 is 0. The molecule has 5 rings (SSSR count). The van der Waals surface area contributed by atoms with Gasteiger partial charge in [0.25, 0.3) is 0 Å². The maximum absolute atomic E-state index is 15.6. The Morgan fingerprint density at radius 3 is 2.65 bits per heavy atom. The molecule has 2 N–H and O–H groups in total. The highest BCUT2D eigenvalue weighted by molar-refractivity contribution is 5.71. The second kappa shape index (κ2) is 11.9. The summed E-state index contributed by atoms with van der Waals surface area (Å²) in [4.78, 5) is 17.7. The Labute approximate surface area is 232 Å². The number of aliphatic hydroxyl groups excluding tert-OH is 1. The number of aromatic nitrogens is 1. The molecule has 3 aromatic rings. The molecular weight excluding hydrogens is 518 g/mol. The maximum Gasteiger partial charge on any atom is 0.309 e. The molecule has 7 nitrogen and oxygen atoms in total. The van der Waals surface area contributed by atoms with E-state index in [9.17, 15) is 19.4 Å². The molecule has 2 aliphatic heterocycles. The number of nitrogens with zero attached hydrogens (tertiary/aromatic N) is 2. The van der Waals surface area contributed by atoms with Gasteiger partial charge in [-0.05, 0) is 68.0 Å². The summed E-state index contributed by atoms with van der Waals surface area (Å²) < 4.78 is 42.0. The predicted molar refractivity (Wildman–Crippen MR) is 145 cm³/mol. The topological polar surface area (TPSA) is 92.1 Å². The van der Waals surface area contributed by atoms with Gasteiger partial charge in [0.1, 0.15) is 11.9 Å². The highest BCUT2D eigenvalue weighted by Crippen LogP contribution is 2.41. The second-order valence-corrected chi connectivity index (χ2v) is 10.6. The number of piperidine rings is 1. The van der Waals surface area contributed by atoms with Crippen LogP contribution in [0.15, 0.2) is 42.6 Å². The summed E-state index contributed by atoms with van der Waals surface area (Å²) in [5, 5.41) is 19.8. The molecule has 1 saturated heterocycles. The van der Waals surface area contributed by atoms with Crippen molar-refractivity contribution in [1.29, 1.82) is 0 Å². The molecule has 0 saturated carbocycles. The minimum atomic E-state index is -1.51. The molecule has 0 amide bonds. The predicted octanol–water partition coefficient (Wildman–Crippen LogP) is 5.84. The lowest BCUT2D eigenvalue weighted by Gasteiger charge is -2.30. The van der Waals surface area contributed by atoms with Crippen LogP contribution in [-0.4, -0.2) is 46.3 Å². The van der Waals surface area contributed by atoms with Crippen LogP contribution >= 0.6 is 0 Å². The molecule has 0 spiro atoms. The van der Waals surface area contributed by atoms with Crippen molar-refractivity contribution in [2.75, 3.05) is 20.2 Å². The largest absolute Gasteiger partial charge is 0.482 e. The number of carboxylic acid groups (broad SMARTS) is 1. The third kappa shape index (κ3) is 5.67. The van der Waals surface area contributed by atoms with Gasteiger partial charge >= 0.3 is 5.97 Å². The Hall–Kier alpha value is -3.56. The molecule has 1 unspecified atom stereocenters. The number of halogens is 2. The number of carboxylic acids is 1. The number of rotatable bonds is 8. The minimum absolute atomic E-state index is 0.0389. The molecule has 9 heteroatoms. The first-order chi connectivity index (χ1) is 19.3. The van der Waals surface area contributed by atoms with Gasteiger partial charge in [0.2, 0.25) is 5.88 Å². The Morgan fingerprint density at radius 1 is 1.15 bits per heavy atom. The first-order valence-electron chi connectivity index (χ1n) is 13.7. The quantitative estimate of drug-likeness (QED) is 0.363. The standard InChI is InChI=1S/C31H34F2N2O5/c1-18(31(37)38)29(36)23-10-6-19-8-11-26(40-30(19)28(23)33)20-7-9-22(24-15-27(39-2)34-16-25(24)32)21(14-20)17-35-12-4-3-5-13-35/h6-7,9-10,14-16,18,26,29,36H,3-5,8,11-13,17H2,1-2H3,(H,37,38)/t18-,26?,29+/m0/s1. The number of methoxy groups -OCH3 is 1. The van der Waals surface area contributed by atoms with Crippen LogP contribution in [0.2, 0.25) is 0 Å². The Kier molecular flexibility index (Phi) is 8.32. The Balaban J connectivity index is 1.49. The van der Waals surface area contributed by atoms with E-state index in [1.54, 1.807) is 12.1 Å². The van der Waals surface area contributed by atoms with Gasteiger partial charge in [-0.15, -0.1) is 0 Å². The average molecular weight is 553 g/mol. The van der Waals surface area contributed by atoms with E-state index in [-0.39, 0.29) is 11.3 Å². The number of ether oxygens (including phenoxy) is 2. The molecule has 1 aromatic heterocycles. The Morgan fingerprint density at radius 2 is 1.93 bits per heavy atom. The summed E-state index contributed by atoms with van der Waals surface area (Å²) in [5.74, 6) is -3.21. The Bertz CT molecular complexity index is 1390. The number of pyridine rings is 1. The zero-order chi connectivity index (χ0) is 28.4. The van der Waals surface area contributed by atoms with Gasteiger partial charge in [-0.1, -0.05) is 36.8 Å². The van der Waals surface area contributed by atoms with E-state index in [4.69, 9.17) is 9.47 Å². The van der Waals surface area contributed by atoms with Crippen LogP contribution in [0.1, 0.15) is 67.1 Å². The lowest BCUT2D eigenvalue weighted by atomic mass is 9.90. The smallest absolute Gasteiger partial charge is 0.309 e. The molecule has 3 atom stereocenters. The lowest BCUT2D eigenvalue weighted by Crippen LogP contribution is -2.29. The fourth-order valence-electron chi connectivity index (χ4n) is 5.59. The molecule has 40 heavy (non-hydrogen) atoms. The zero-order valence-electron chi connectivity index (χ0n) is 22.7. The number of hydrogen-bond donors (Lipinski definition) is 2. The third-order valence-corrected chi connectivity index (χ3v) is 8.00. The normalized spacial score (nSPS) is 18.9.